The fourth-order valence-electron chi connectivity index (χ4n) is 2.78. The number of nitrogens with one attached hydrogen (secondary N) is 1. The van der Waals surface area contributed by atoms with Crippen LogP contribution in [0.3, 0.4) is 0 Å². The molecule has 35 heavy (non-hydrogen) atoms. The number of carbonyl (C=O) groups is 1. The predicted molar refractivity (Wildman–Crippen MR) is 114 cm³/mol. The number of pyridine rings is 1. The molecule has 0 spiro atoms. The summed E-state index contributed by atoms with van der Waals surface area (Å²) in [5, 5.41) is -0.309. The highest BCUT2D eigenvalue weighted by Gasteiger charge is 2.33. The summed E-state index contributed by atoms with van der Waals surface area (Å²) in [6, 6.07) is 4.47. The summed E-state index contributed by atoms with van der Waals surface area (Å²) in [5.41, 5.74) is -5.30. The summed E-state index contributed by atoms with van der Waals surface area (Å²) < 4.78 is 69.3. The molecular weight excluding hydrogens is 502 g/mol. The first-order valence-corrected chi connectivity index (χ1v) is 10.2. The molecule has 0 radical (unpaired) electrons. The Labute approximate surface area is 198 Å². The summed E-state index contributed by atoms with van der Waals surface area (Å²) in [7, 11) is 0. The first-order valence-electron chi connectivity index (χ1n) is 9.81. The van der Waals surface area contributed by atoms with Crippen LogP contribution in [0.15, 0.2) is 46.1 Å². The van der Waals surface area contributed by atoms with Crippen molar-refractivity contribution in [2.45, 2.75) is 26.1 Å². The smallest absolute Gasteiger partial charge is 0.431 e. The van der Waals surface area contributed by atoms with E-state index in [0.717, 1.165) is 6.07 Å². The van der Waals surface area contributed by atoms with Gasteiger partial charge in [0.15, 0.2) is 11.9 Å². The van der Waals surface area contributed by atoms with Crippen LogP contribution in [-0.2, 0) is 15.7 Å². The van der Waals surface area contributed by atoms with Gasteiger partial charge < -0.3 is 19.2 Å². The average Bonchev–Trinajstić information content (AvgIpc) is 2.76. The molecule has 0 aliphatic heterocycles. The lowest BCUT2D eigenvalue weighted by Gasteiger charge is -2.16. The third-order valence-corrected chi connectivity index (χ3v) is 4.64. The summed E-state index contributed by atoms with van der Waals surface area (Å²) in [5.74, 6) is -2.41. The van der Waals surface area contributed by atoms with Crippen LogP contribution in [0, 0.1) is 5.82 Å². The molecule has 1 atom stereocenters. The number of carbonyl (C=O) groups excluding carboxylic acids is 1. The lowest BCUT2D eigenvalue weighted by molar-refractivity contribution is -0.150. The van der Waals surface area contributed by atoms with Crippen molar-refractivity contribution in [1.82, 2.24) is 14.5 Å². The maximum absolute atomic E-state index is 14.6. The van der Waals surface area contributed by atoms with E-state index in [9.17, 15) is 31.9 Å². The van der Waals surface area contributed by atoms with Crippen LogP contribution in [0.25, 0.3) is 5.69 Å². The van der Waals surface area contributed by atoms with E-state index >= 15 is 0 Å². The number of benzene rings is 1. The molecule has 0 amide bonds. The van der Waals surface area contributed by atoms with Crippen LogP contribution in [-0.4, -0.2) is 33.2 Å². The van der Waals surface area contributed by atoms with Gasteiger partial charge in [-0.3, -0.25) is 4.79 Å². The van der Waals surface area contributed by atoms with E-state index in [-0.39, 0.29) is 39.6 Å². The number of esters is 1. The lowest BCUT2D eigenvalue weighted by atomic mass is 10.2. The average molecular weight is 518 g/mol. The number of ether oxygens (including phenoxy) is 3. The summed E-state index contributed by atoms with van der Waals surface area (Å²) in [6.45, 7) is 3.14. The second kappa shape index (κ2) is 10.2. The van der Waals surface area contributed by atoms with Crippen LogP contribution < -0.4 is 20.7 Å². The molecule has 0 saturated heterocycles. The topological polar surface area (TPSA) is 113 Å². The summed E-state index contributed by atoms with van der Waals surface area (Å²) >= 11 is 6.03. The van der Waals surface area contributed by atoms with Crippen molar-refractivity contribution in [1.29, 1.82) is 0 Å². The van der Waals surface area contributed by atoms with E-state index in [0.29, 0.717) is 6.07 Å². The zero-order valence-corrected chi connectivity index (χ0v) is 18.7. The van der Waals surface area contributed by atoms with Gasteiger partial charge in [0, 0.05) is 18.3 Å². The van der Waals surface area contributed by atoms with E-state index in [1.807, 2.05) is 0 Å². The highest BCUT2D eigenvalue weighted by Crippen LogP contribution is 2.36. The first kappa shape index (κ1) is 25.7. The van der Waals surface area contributed by atoms with Gasteiger partial charge in [0.2, 0.25) is 0 Å². The number of aromatic nitrogens is 3. The van der Waals surface area contributed by atoms with Gasteiger partial charge in [-0.2, -0.15) is 13.2 Å². The Kier molecular flexibility index (Phi) is 7.48. The molecule has 1 unspecified atom stereocenters. The van der Waals surface area contributed by atoms with Crippen LogP contribution in [0.4, 0.5) is 17.6 Å². The molecule has 0 fully saturated rings. The van der Waals surface area contributed by atoms with Gasteiger partial charge in [0.1, 0.15) is 17.3 Å². The molecule has 2 aromatic heterocycles. The molecule has 9 nitrogen and oxygen atoms in total. The summed E-state index contributed by atoms with van der Waals surface area (Å²) in [6.07, 6.45) is -4.74. The number of hydrogen-bond donors (Lipinski definition) is 1. The Morgan fingerprint density at radius 1 is 1.23 bits per heavy atom. The van der Waals surface area contributed by atoms with Crippen LogP contribution in [0.5, 0.6) is 17.4 Å². The van der Waals surface area contributed by atoms with E-state index in [1.165, 1.54) is 30.2 Å². The Bertz CT molecular complexity index is 1340. The molecule has 186 valence electrons. The number of alkyl halides is 3. The van der Waals surface area contributed by atoms with Crippen molar-refractivity contribution >= 4 is 17.6 Å². The molecule has 14 heteroatoms. The van der Waals surface area contributed by atoms with E-state index in [4.69, 9.17) is 25.8 Å². The molecule has 2 heterocycles. The monoisotopic (exact) mass is 517 g/mol. The molecule has 0 bridgehead atoms. The molecule has 1 N–H and O–H groups in total. The van der Waals surface area contributed by atoms with Gasteiger partial charge in [-0.1, -0.05) is 11.6 Å². The molecule has 1 aromatic carbocycles. The fraction of sp³-hybridized carbons (Fsp3) is 0.238. The SMILES string of the molecule is CCOC(=O)C(C)Oc1ncccc1Oc1cc(-n2c(=O)cc(C(F)(F)F)[nH]c2=O)c(F)cc1Cl. The maximum atomic E-state index is 14.6. The molecule has 0 saturated carbocycles. The molecule has 0 aliphatic carbocycles. The van der Waals surface area contributed by atoms with Crippen molar-refractivity contribution in [3.05, 3.63) is 73.9 Å². The highest BCUT2D eigenvalue weighted by molar-refractivity contribution is 6.32. The van der Waals surface area contributed by atoms with E-state index in [2.05, 4.69) is 4.98 Å². The third kappa shape index (κ3) is 5.80. The fourth-order valence-corrected chi connectivity index (χ4v) is 2.97. The van der Waals surface area contributed by atoms with Gasteiger partial charge in [-0.25, -0.2) is 23.5 Å². The number of hydrogen-bond acceptors (Lipinski definition) is 7. The number of halogens is 5. The Balaban J connectivity index is 2.02. The number of rotatable bonds is 7. The zero-order valence-electron chi connectivity index (χ0n) is 18.0. The summed E-state index contributed by atoms with van der Waals surface area (Å²) in [4.78, 5) is 41.7. The van der Waals surface area contributed by atoms with Crippen LogP contribution in [0.2, 0.25) is 5.02 Å². The maximum Gasteiger partial charge on any atom is 0.431 e. The van der Waals surface area contributed by atoms with Gasteiger partial charge >= 0.3 is 17.8 Å². The number of nitrogens with zero attached hydrogens (tertiary/aromatic N) is 2. The van der Waals surface area contributed by atoms with E-state index < -0.39 is 46.7 Å². The lowest BCUT2D eigenvalue weighted by Crippen LogP contribution is -2.36. The number of H-pyrrole nitrogens is 1. The Hall–Kier alpha value is -3.87. The minimum Gasteiger partial charge on any atom is -0.463 e. The second-order valence-corrected chi connectivity index (χ2v) is 7.22. The normalized spacial score (nSPS) is 12.2. The highest BCUT2D eigenvalue weighted by atomic mass is 35.5. The molecular formula is C21H16ClF4N3O6. The van der Waals surface area contributed by atoms with Crippen molar-refractivity contribution in [3.8, 4) is 23.1 Å². The number of aromatic amines is 1. The van der Waals surface area contributed by atoms with Gasteiger partial charge in [-0.15, -0.1) is 0 Å². The third-order valence-electron chi connectivity index (χ3n) is 4.34. The van der Waals surface area contributed by atoms with Crippen molar-refractivity contribution in [3.63, 3.8) is 0 Å². The Morgan fingerprint density at radius 2 is 1.94 bits per heavy atom. The van der Waals surface area contributed by atoms with Crippen molar-refractivity contribution < 1.29 is 36.6 Å². The molecule has 3 aromatic rings. The van der Waals surface area contributed by atoms with E-state index in [1.54, 1.807) is 6.92 Å². The molecule has 0 aliphatic rings. The molecule has 3 rings (SSSR count). The van der Waals surface area contributed by atoms with Gasteiger partial charge in [-0.05, 0) is 32.0 Å². The standard InChI is InChI=1S/C21H16ClF4N3O6/c1-3-33-19(31)10(2)34-18-14(5-4-6-27-18)35-15-8-13(12(23)7-11(15)22)29-17(30)9-16(21(24,25)26)28-20(29)32/h4-10H,3H2,1-2H3,(H,28,32). The first-order chi connectivity index (χ1) is 16.4. The Morgan fingerprint density at radius 3 is 2.57 bits per heavy atom. The van der Waals surface area contributed by atoms with Gasteiger partial charge in [0.05, 0.1) is 17.3 Å². The minimum absolute atomic E-state index is 0.0863. The van der Waals surface area contributed by atoms with Crippen LogP contribution >= 0.6 is 11.6 Å². The van der Waals surface area contributed by atoms with Crippen LogP contribution in [0.1, 0.15) is 19.5 Å². The second-order valence-electron chi connectivity index (χ2n) is 6.81. The van der Waals surface area contributed by atoms with Crippen molar-refractivity contribution in [2.24, 2.45) is 0 Å². The minimum atomic E-state index is -5.00. The largest absolute Gasteiger partial charge is 0.463 e. The van der Waals surface area contributed by atoms with Gasteiger partial charge in [0.25, 0.3) is 11.4 Å². The van der Waals surface area contributed by atoms with Crippen molar-refractivity contribution in [2.75, 3.05) is 6.61 Å². The predicted octanol–water partition coefficient (Wildman–Crippen LogP) is 3.85. The zero-order chi connectivity index (χ0) is 25.9. The quantitative estimate of drug-likeness (QED) is 0.374.